The highest BCUT2D eigenvalue weighted by Gasteiger charge is 1.71. The minimum atomic E-state index is 0.594. The molecule has 0 saturated heterocycles. The first-order valence-electron chi connectivity index (χ1n) is 1.69. The van der Waals surface area contributed by atoms with E-state index in [1.165, 1.54) is 0 Å². The molecule has 1 nitrogen and oxygen atoms in total. The highest BCUT2D eigenvalue weighted by atomic mass is 16.5. The van der Waals surface area contributed by atoms with Crippen LogP contribution in [0, 0.1) is 19.0 Å². The van der Waals surface area contributed by atoms with Crippen molar-refractivity contribution in [2.24, 2.45) is 0 Å². The van der Waals surface area contributed by atoms with Crippen LogP contribution in [0.1, 0.15) is 6.42 Å². The van der Waals surface area contributed by atoms with Crippen LogP contribution in [0.3, 0.4) is 0 Å². The fourth-order valence-electron chi connectivity index (χ4n) is 0.131. The molecule has 6 heavy (non-hydrogen) atoms. The first-order chi connectivity index (χ1) is 2.91. The molecule has 0 aromatic carbocycles. The molecule has 0 fully saturated rings. The van der Waals surface area contributed by atoms with Crippen LogP contribution in [0.4, 0.5) is 0 Å². The maximum atomic E-state index is 4.85. The average molecular weight is 83.1 g/mol. The van der Waals surface area contributed by atoms with Gasteiger partial charge in [0, 0.05) is 13.5 Å². The standard InChI is InChI=1S/C5H7O/c1-3-4-5-6-2/h1,5H,4H2,2H3. The summed E-state index contributed by atoms with van der Waals surface area (Å²) < 4.78 is 4.51. The van der Waals surface area contributed by atoms with Crippen LogP contribution in [0.25, 0.3) is 0 Å². The van der Waals surface area contributed by atoms with Crippen LogP contribution >= 0.6 is 0 Å². The van der Waals surface area contributed by atoms with Gasteiger partial charge in [-0.3, -0.25) is 0 Å². The summed E-state index contributed by atoms with van der Waals surface area (Å²) in [6.45, 7) is 1.57. The van der Waals surface area contributed by atoms with E-state index < -0.39 is 0 Å². The first-order valence-corrected chi connectivity index (χ1v) is 1.69. The summed E-state index contributed by atoms with van der Waals surface area (Å²) in [6, 6.07) is 0. The Morgan fingerprint density at radius 2 is 2.67 bits per heavy atom. The zero-order valence-corrected chi connectivity index (χ0v) is 3.77. The molecule has 0 heterocycles. The largest absolute Gasteiger partial charge is 0.378 e. The van der Waals surface area contributed by atoms with Crippen molar-refractivity contribution < 1.29 is 4.74 Å². The van der Waals surface area contributed by atoms with Gasteiger partial charge in [0.05, 0.1) is 6.61 Å². The molecule has 0 saturated carbocycles. The SMILES string of the molecule is C#CC[CH]OC. The molecule has 0 aromatic heterocycles. The molecule has 0 spiro atoms. The van der Waals surface area contributed by atoms with E-state index in [1.807, 2.05) is 0 Å². The van der Waals surface area contributed by atoms with Gasteiger partial charge in [0.15, 0.2) is 0 Å². The molecular formula is C5H7O. The van der Waals surface area contributed by atoms with Crippen molar-refractivity contribution in [1.29, 1.82) is 0 Å². The Morgan fingerprint density at radius 1 is 2.00 bits per heavy atom. The molecule has 0 atom stereocenters. The third kappa shape index (κ3) is 3.52. The van der Waals surface area contributed by atoms with Crippen LogP contribution in [0.5, 0.6) is 0 Å². The highest BCUT2D eigenvalue weighted by molar-refractivity contribution is 4.86. The number of methoxy groups -OCH3 is 1. The van der Waals surface area contributed by atoms with Gasteiger partial charge in [-0.2, -0.15) is 0 Å². The van der Waals surface area contributed by atoms with Crippen molar-refractivity contribution in [3.63, 3.8) is 0 Å². The number of ether oxygens (including phenoxy) is 1. The van der Waals surface area contributed by atoms with E-state index in [1.54, 1.807) is 13.7 Å². The van der Waals surface area contributed by atoms with Gasteiger partial charge in [-0.1, -0.05) is 0 Å². The van der Waals surface area contributed by atoms with Gasteiger partial charge in [0.2, 0.25) is 0 Å². The maximum Gasteiger partial charge on any atom is 0.0950 e. The molecule has 0 aliphatic rings. The number of rotatable bonds is 2. The van der Waals surface area contributed by atoms with Crippen LogP contribution in [0.2, 0.25) is 0 Å². The predicted molar refractivity (Wildman–Crippen MR) is 24.8 cm³/mol. The lowest BCUT2D eigenvalue weighted by atomic mass is 10.5. The van der Waals surface area contributed by atoms with Gasteiger partial charge in [0.1, 0.15) is 0 Å². The van der Waals surface area contributed by atoms with Crippen molar-refractivity contribution in [3.8, 4) is 12.3 Å². The smallest absolute Gasteiger partial charge is 0.0950 e. The maximum absolute atomic E-state index is 4.85. The van der Waals surface area contributed by atoms with Crippen LogP contribution in [-0.2, 0) is 4.74 Å². The minimum absolute atomic E-state index is 0.594. The van der Waals surface area contributed by atoms with E-state index in [4.69, 9.17) is 6.42 Å². The van der Waals surface area contributed by atoms with Gasteiger partial charge in [-0.25, -0.2) is 0 Å². The van der Waals surface area contributed by atoms with Crippen LogP contribution in [0.15, 0.2) is 0 Å². The van der Waals surface area contributed by atoms with Gasteiger partial charge in [-0.15, -0.1) is 12.3 Å². The van der Waals surface area contributed by atoms with Crippen LogP contribution in [-0.4, -0.2) is 7.11 Å². The Balaban J connectivity index is 2.54. The van der Waals surface area contributed by atoms with Crippen molar-refractivity contribution in [2.45, 2.75) is 6.42 Å². The molecule has 0 aliphatic heterocycles. The Labute approximate surface area is 38.3 Å². The molecule has 0 aromatic rings. The number of terminal acetylenes is 1. The molecule has 1 heteroatoms. The lowest BCUT2D eigenvalue weighted by Gasteiger charge is -1.83. The Bertz CT molecular complexity index is 51.4. The molecule has 0 amide bonds. The summed E-state index contributed by atoms with van der Waals surface area (Å²) in [5.74, 6) is 2.39. The Kier molecular flexibility index (Phi) is 4.16. The summed E-state index contributed by atoms with van der Waals surface area (Å²) in [7, 11) is 1.58. The second-order valence-electron chi connectivity index (χ2n) is 0.811. The van der Waals surface area contributed by atoms with E-state index in [0.29, 0.717) is 6.42 Å². The lowest BCUT2D eigenvalue weighted by Crippen LogP contribution is -1.73. The molecule has 1 radical (unpaired) electrons. The topological polar surface area (TPSA) is 9.23 Å². The minimum Gasteiger partial charge on any atom is -0.378 e. The normalized spacial score (nSPS) is 7.33. The summed E-state index contributed by atoms with van der Waals surface area (Å²) in [4.78, 5) is 0. The highest BCUT2D eigenvalue weighted by Crippen LogP contribution is 1.79. The summed E-state index contributed by atoms with van der Waals surface area (Å²) in [5, 5.41) is 0. The third-order valence-corrected chi connectivity index (χ3v) is 0.368. The van der Waals surface area contributed by atoms with Gasteiger partial charge in [0.25, 0.3) is 0 Å². The zero-order valence-electron chi connectivity index (χ0n) is 3.77. The second-order valence-corrected chi connectivity index (χ2v) is 0.811. The Hall–Kier alpha value is -0.480. The van der Waals surface area contributed by atoms with E-state index in [-0.39, 0.29) is 0 Å². The fraction of sp³-hybridized carbons (Fsp3) is 0.400. The molecule has 0 unspecified atom stereocenters. The van der Waals surface area contributed by atoms with Crippen molar-refractivity contribution in [1.82, 2.24) is 0 Å². The van der Waals surface area contributed by atoms with E-state index in [9.17, 15) is 0 Å². The molecule has 0 rings (SSSR count). The van der Waals surface area contributed by atoms with E-state index >= 15 is 0 Å². The number of hydrogen-bond donors (Lipinski definition) is 0. The van der Waals surface area contributed by atoms with Crippen molar-refractivity contribution >= 4 is 0 Å². The van der Waals surface area contributed by atoms with Gasteiger partial charge < -0.3 is 4.74 Å². The molecule has 33 valence electrons. The Morgan fingerprint density at radius 3 is 2.83 bits per heavy atom. The van der Waals surface area contributed by atoms with Crippen molar-refractivity contribution in [2.75, 3.05) is 7.11 Å². The second kappa shape index (κ2) is 4.52. The summed E-state index contributed by atoms with van der Waals surface area (Å²) in [6.07, 6.45) is 5.45. The van der Waals surface area contributed by atoms with Crippen molar-refractivity contribution in [3.05, 3.63) is 6.61 Å². The average Bonchev–Trinajstić information content (AvgIpc) is 1.61. The quantitative estimate of drug-likeness (QED) is 0.354. The molecule has 0 aliphatic carbocycles. The van der Waals surface area contributed by atoms with E-state index in [2.05, 4.69) is 10.7 Å². The molecular weight excluding hydrogens is 76.1 g/mol. The fourth-order valence-corrected chi connectivity index (χ4v) is 0.131. The predicted octanol–water partition coefficient (Wildman–Crippen LogP) is 0.818. The third-order valence-electron chi connectivity index (χ3n) is 0.368. The lowest BCUT2D eigenvalue weighted by molar-refractivity contribution is 0.275. The van der Waals surface area contributed by atoms with Gasteiger partial charge in [-0.05, 0) is 0 Å². The summed E-state index contributed by atoms with van der Waals surface area (Å²) in [5.41, 5.74) is 0. The summed E-state index contributed by atoms with van der Waals surface area (Å²) >= 11 is 0. The van der Waals surface area contributed by atoms with E-state index in [0.717, 1.165) is 0 Å². The first kappa shape index (κ1) is 5.52. The zero-order chi connectivity index (χ0) is 4.83. The van der Waals surface area contributed by atoms with Gasteiger partial charge >= 0.3 is 0 Å². The molecule has 0 bridgehead atoms. The number of hydrogen-bond acceptors (Lipinski definition) is 1. The van der Waals surface area contributed by atoms with Crippen LogP contribution < -0.4 is 0 Å². The molecule has 0 N–H and O–H groups in total. The monoisotopic (exact) mass is 83.0 g/mol.